The molecule has 0 spiro atoms. The van der Waals surface area contributed by atoms with Crippen molar-refractivity contribution < 1.29 is 32.6 Å². The van der Waals surface area contributed by atoms with Crippen molar-refractivity contribution in [3.05, 3.63) is 91.3 Å². The first-order valence-electron chi connectivity index (χ1n) is 9.47. The number of aromatic nitrogens is 1. The Morgan fingerprint density at radius 1 is 1.00 bits per heavy atom. The highest BCUT2D eigenvalue weighted by Crippen LogP contribution is 2.27. The van der Waals surface area contributed by atoms with Gasteiger partial charge in [0.25, 0.3) is 5.56 Å². The van der Waals surface area contributed by atoms with Crippen LogP contribution in [-0.4, -0.2) is 30.7 Å². The molecule has 0 saturated carbocycles. The van der Waals surface area contributed by atoms with E-state index in [0.717, 1.165) is 12.1 Å². The molecule has 1 aromatic heterocycles. The van der Waals surface area contributed by atoms with Crippen LogP contribution < -0.4 is 10.3 Å². The van der Waals surface area contributed by atoms with E-state index in [1.54, 1.807) is 6.92 Å². The van der Waals surface area contributed by atoms with Crippen LogP contribution in [0.2, 0.25) is 0 Å². The van der Waals surface area contributed by atoms with Crippen molar-refractivity contribution in [3.63, 3.8) is 0 Å². The number of halogens is 3. The van der Waals surface area contributed by atoms with Gasteiger partial charge in [-0.2, -0.15) is 0 Å². The molecule has 3 rings (SSSR count). The largest absolute Gasteiger partial charge is 0.487 e. The van der Waals surface area contributed by atoms with Gasteiger partial charge in [-0.15, -0.1) is 0 Å². The Labute approximate surface area is 195 Å². The van der Waals surface area contributed by atoms with E-state index in [-0.39, 0.29) is 39.2 Å². The number of carbonyl (C=O) groups excluding carboxylic acids is 2. The Morgan fingerprint density at radius 2 is 1.70 bits per heavy atom. The molecule has 0 aliphatic carbocycles. The summed E-state index contributed by atoms with van der Waals surface area (Å²) in [5.74, 6) is -2.78. The third kappa shape index (κ3) is 4.95. The van der Waals surface area contributed by atoms with Gasteiger partial charge in [0, 0.05) is 23.4 Å². The lowest BCUT2D eigenvalue weighted by molar-refractivity contribution is 0.0599. The Bertz CT molecular complexity index is 1300. The van der Waals surface area contributed by atoms with E-state index in [2.05, 4.69) is 20.7 Å². The first kappa shape index (κ1) is 24.1. The fourth-order valence-electron chi connectivity index (χ4n) is 3.13. The van der Waals surface area contributed by atoms with Crippen molar-refractivity contribution in [2.24, 2.45) is 0 Å². The minimum absolute atomic E-state index is 0.0171. The highest BCUT2D eigenvalue weighted by atomic mass is 79.9. The second-order valence-corrected chi connectivity index (χ2v) is 7.64. The fourth-order valence-corrected chi connectivity index (χ4v) is 3.54. The van der Waals surface area contributed by atoms with Gasteiger partial charge >= 0.3 is 11.9 Å². The molecule has 0 atom stereocenters. The Balaban J connectivity index is 2.05. The minimum Gasteiger partial charge on any atom is -0.487 e. The molecule has 0 unspecified atom stereocenters. The first-order chi connectivity index (χ1) is 15.7. The number of methoxy groups -OCH3 is 2. The number of hydrogen-bond donors (Lipinski definition) is 0. The second kappa shape index (κ2) is 9.95. The number of carbonyl (C=O) groups is 2. The molecule has 10 heteroatoms. The molecule has 0 radical (unpaired) electrons. The van der Waals surface area contributed by atoms with Crippen molar-refractivity contribution in [3.8, 4) is 11.4 Å². The van der Waals surface area contributed by atoms with E-state index in [1.165, 1.54) is 49.1 Å². The summed E-state index contributed by atoms with van der Waals surface area (Å²) in [6, 6.07) is 8.72. The molecule has 0 bridgehead atoms. The van der Waals surface area contributed by atoms with Crippen LogP contribution in [-0.2, 0) is 16.1 Å². The molecule has 0 aliphatic rings. The van der Waals surface area contributed by atoms with E-state index >= 15 is 0 Å². The maximum Gasteiger partial charge on any atom is 0.340 e. The molecule has 0 N–H and O–H groups in total. The van der Waals surface area contributed by atoms with Gasteiger partial charge in [0.2, 0.25) is 0 Å². The van der Waals surface area contributed by atoms with Gasteiger partial charge in [-0.3, -0.25) is 9.36 Å². The van der Waals surface area contributed by atoms with Crippen LogP contribution in [0.1, 0.15) is 32.0 Å². The predicted octanol–water partition coefficient (Wildman–Crippen LogP) is 4.34. The van der Waals surface area contributed by atoms with E-state index < -0.39 is 29.1 Å². The summed E-state index contributed by atoms with van der Waals surface area (Å²) < 4.78 is 43.3. The van der Waals surface area contributed by atoms with E-state index in [9.17, 15) is 23.2 Å². The molecule has 0 fully saturated rings. The number of aryl methyl sites for hydroxylation is 1. The van der Waals surface area contributed by atoms with Crippen molar-refractivity contribution in [2.45, 2.75) is 13.5 Å². The zero-order valence-corrected chi connectivity index (χ0v) is 19.4. The zero-order valence-electron chi connectivity index (χ0n) is 17.8. The number of esters is 2. The normalized spacial score (nSPS) is 10.6. The van der Waals surface area contributed by atoms with Crippen molar-refractivity contribution in [1.29, 1.82) is 0 Å². The highest BCUT2D eigenvalue weighted by Gasteiger charge is 2.21. The molecule has 0 saturated heterocycles. The number of hydrogen-bond acceptors (Lipinski definition) is 6. The molecule has 1 heterocycles. The number of ether oxygens (including phenoxy) is 3. The molecule has 0 amide bonds. The minimum atomic E-state index is -0.774. The van der Waals surface area contributed by atoms with Gasteiger partial charge in [-0.1, -0.05) is 0 Å². The lowest BCUT2D eigenvalue weighted by Gasteiger charge is -2.17. The fraction of sp³-hybridized carbons (Fsp3) is 0.174. The van der Waals surface area contributed by atoms with E-state index in [4.69, 9.17) is 9.47 Å². The topological polar surface area (TPSA) is 83.8 Å². The van der Waals surface area contributed by atoms with Crippen molar-refractivity contribution in [2.75, 3.05) is 14.2 Å². The second-order valence-electron chi connectivity index (χ2n) is 6.84. The van der Waals surface area contributed by atoms with Crippen LogP contribution in [0.5, 0.6) is 5.75 Å². The standard InChI is InChI=1S/C23H18BrF2NO6/c1-12-8-19(33-11-14-4-6-15(25)10-17(14)26)20(24)21(28)27(12)18-7-5-13(22(29)31-2)9-16(18)23(30)32-3/h4-10H,11H2,1-3H3. The molecular weight excluding hydrogens is 504 g/mol. The monoisotopic (exact) mass is 521 g/mol. The summed E-state index contributed by atoms with van der Waals surface area (Å²) in [7, 11) is 2.38. The summed E-state index contributed by atoms with van der Waals surface area (Å²) >= 11 is 3.19. The van der Waals surface area contributed by atoms with Crippen molar-refractivity contribution >= 4 is 27.9 Å². The molecular formula is C23H18BrF2NO6. The summed E-state index contributed by atoms with van der Waals surface area (Å²) in [5.41, 5.74) is 0.173. The number of benzene rings is 2. The zero-order chi connectivity index (χ0) is 24.3. The Hall–Kier alpha value is -3.53. The highest BCUT2D eigenvalue weighted by molar-refractivity contribution is 9.10. The summed E-state index contributed by atoms with van der Waals surface area (Å²) in [6.45, 7) is 1.36. The average molecular weight is 522 g/mol. The van der Waals surface area contributed by atoms with Gasteiger partial charge in [0.15, 0.2) is 0 Å². The lowest BCUT2D eigenvalue weighted by Crippen LogP contribution is -2.24. The van der Waals surface area contributed by atoms with Crippen LogP contribution in [0, 0.1) is 18.6 Å². The van der Waals surface area contributed by atoms with Gasteiger partial charge in [-0.25, -0.2) is 18.4 Å². The van der Waals surface area contributed by atoms with Crippen LogP contribution in [0.4, 0.5) is 8.78 Å². The van der Waals surface area contributed by atoms with Gasteiger partial charge in [0.1, 0.15) is 28.5 Å². The van der Waals surface area contributed by atoms with Gasteiger partial charge in [-0.05, 0) is 53.2 Å². The first-order valence-corrected chi connectivity index (χ1v) is 10.3. The van der Waals surface area contributed by atoms with Crippen molar-refractivity contribution in [1.82, 2.24) is 4.57 Å². The molecule has 33 heavy (non-hydrogen) atoms. The van der Waals surface area contributed by atoms with E-state index in [1.807, 2.05) is 0 Å². The lowest BCUT2D eigenvalue weighted by atomic mass is 10.1. The Morgan fingerprint density at radius 3 is 2.33 bits per heavy atom. The number of rotatable bonds is 6. The molecule has 0 aliphatic heterocycles. The number of pyridine rings is 1. The van der Waals surface area contributed by atoms with Crippen LogP contribution in [0.3, 0.4) is 0 Å². The summed E-state index contributed by atoms with van der Waals surface area (Å²) in [5, 5.41) is 0. The van der Waals surface area contributed by atoms with Gasteiger partial charge in [0.05, 0.1) is 31.0 Å². The van der Waals surface area contributed by atoms with Crippen LogP contribution in [0.25, 0.3) is 5.69 Å². The van der Waals surface area contributed by atoms with Gasteiger partial charge < -0.3 is 14.2 Å². The van der Waals surface area contributed by atoms with E-state index in [0.29, 0.717) is 5.69 Å². The molecule has 2 aromatic carbocycles. The smallest absolute Gasteiger partial charge is 0.340 e. The summed E-state index contributed by atoms with van der Waals surface area (Å²) in [4.78, 5) is 37.4. The molecule has 7 nitrogen and oxygen atoms in total. The SMILES string of the molecule is COC(=O)c1ccc(-n2c(C)cc(OCc3ccc(F)cc3F)c(Br)c2=O)c(C(=O)OC)c1. The quantitative estimate of drug-likeness (QED) is 0.448. The average Bonchev–Trinajstić information content (AvgIpc) is 2.80. The number of nitrogens with zero attached hydrogens (tertiary/aromatic N) is 1. The maximum absolute atomic E-state index is 13.9. The third-order valence-corrected chi connectivity index (χ3v) is 5.49. The summed E-state index contributed by atoms with van der Waals surface area (Å²) in [6.07, 6.45) is 0. The third-order valence-electron chi connectivity index (χ3n) is 4.76. The van der Waals surface area contributed by atoms with Crippen LogP contribution >= 0.6 is 15.9 Å². The Kier molecular flexibility index (Phi) is 7.27. The van der Waals surface area contributed by atoms with Crippen LogP contribution in [0.15, 0.2) is 51.7 Å². The molecule has 172 valence electrons. The molecule has 3 aromatic rings. The predicted molar refractivity (Wildman–Crippen MR) is 118 cm³/mol. The maximum atomic E-state index is 13.9.